The Hall–Kier alpha value is -1.18. The molecule has 20 heavy (non-hydrogen) atoms. The molecule has 0 aromatic heterocycles. The van der Waals surface area contributed by atoms with E-state index < -0.39 is 6.03 Å². The third kappa shape index (κ3) is 5.44. The minimum Gasteiger partial charge on any atom is -0.381 e. The number of rotatable bonds is 6. The molecule has 1 rings (SSSR count). The number of amides is 3. The summed E-state index contributed by atoms with van der Waals surface area (Å²) in [5.74, 6) is -0.298. The van der Waals surface area contributed by atoms with Crippen molar-refractivity contribution in [1.82, 2.24) is 15.5 Å². The second-order valence-corrected chi connectivity index (χ2v) is 5.05. The maximum atomic E-state index is 11.8. The van der Waals surface area contributed by atoms with Crippen molar-refractivity contribution in [2.24, 2.45) is 5.73 Å². The normalized spacial score (nSPS) is 23.4. The zero-order valence-corrected chi connectivity index (χ0v) is 12.4. The monoisotopic (exact) mass is 286 g/mol. The fourth-order valence-corrected chi connectivity index (χ4v) is 2.36. The van der Waals surface area contributed by atoms with Crippen molar-refractivity contribution in [2.75, 3.05) is 33.3 Å². The Balaban J connectivity index is 2.38. The van der Waals surface area contributed by atoms with E-state index in [1.807, 2.05) is 11.8 Å². The van der Waals surface area contributed by atoms with Crippen molar-refractivity contribution in [3.05, 3.63) is 0 Å². The van der Waals surface area contributed by atoms with Gasteiger partial charge in [-0.15, -0.1) is 0 Å². The zero-order chi connectivity index (χ0) is 15.0. The number of imide groups is 1. The van der Waals surface area contributed by atoms with Gasteiger partial charge in [-0.25, -0.2) is 4.79 Å². The first-order chi connectivity index (χ1) is 9.60. The van der Waals surface area contributed by atoms with Gasteiger partial charge in [0.1, 0.15) is 0 Å². The number of ether oxygens (including phenoxy) is 1. The summed E-state index contributed by atoms with van der Waals surface area (Å²) >= 11 is 0. The number of piperidine rings is 1. The SMILES string of the molecule is CCCNC(=O)NC(=O)CN1CCC(OC)CC1CN. The number of nitrogens with one attached hydrogen (secondary N) is 2. The third-order valence-corrected chi connectivity index (χ3v) is 3.53. The predicted molar refractivity (Wildman–Crippen MR) is 76.3 cm³/mol. The number of carbonyl (C=O) groups is 2. The van der Waals surface area contributed by atoms with E-state index in [1.165, 1.54) is 0 Å². The molecule has 0 saturated carbocycles. The van der Waals surface area contributed by atoms with Crippen molar-refractivity contribution in [3.8, 4) is 0 Å². The molecule has 0 radical (unpaired) electrons. The molecule has 7 nitrogen and oxygen atoms in total. The van der Waals surface area contributed by atoms with Crippen LogP contribution in [0.25, 0.3) is 0 Å². The fourth-order valence-electron chi connectivity index (χ4n) is 2.36. The maximum Gasteiger partial charge on any atom is 0.321 e. The van der Waals surface area contributed by atoms with Crippen LogP contribution in [0.1, 0.15) is 26.2 Å². The lowest BCUT2D eigenvalue weighted by atomic mass is 9.99. The van der Waals surface area contributed by atoms with E-state index >= 15 is 0 Å². The van der Waals surface area contributed by atoms with Crippen molar-refractivity contribution in [3.63, 3.8) is 0 Å². The molecule has 7 heteroatoms. The highest BCUT2D eigenvalue weighted by Crippen LogP contribution is 2.18. The number of carbonyl (C=O) groups excluding carboxylic acids is 2. The van der Waals surface area contributed by atoms with E-state index in [4.69, 9.17) is 10.5 Å². The number of nitrogens with zero attached hydrogens (tertiary/aromatic N) is 1. The van der Waals surface area contributed by atoms with Gasteiger partial charge in [-0.2, -0.15) is 0 Å². The van der Waals surface area contributed by atoms with E-state index in [9.17, 15) is 9.59 Å². The van der Waals surface area contributed by atoms with Gasteiger partial charge in [0.05, 0.1) is 12.6 Å². The standard InChI is InChI=1S/C13H26N4O3/c1-3-5-15-13(19)16-12(18)9-17-6-4-11(20-2)7-10(17)8-14/h10-11H,3-9,14H2,1-2H3,(H2,15,16,18,19). The Kier molecular flexibility index (Phi) is 7.50. The first kappa shape index (κ1) is 16.9. The topological polar surface area (TPSA) is 96.7 Å². The number of urea groups is 1. The molecular formula is C13H26N4O3. The molecule has 4 N–H and O–H groups in total. The van der Waals surface area contributed by atoms with E-state index in [0.29, 0.717) is 13.1 Å². The predicted octanol–water partition coefficient (Wildman–Crippen LogP) is -0.340. The Morgan fingerprint density at radius 3 is 2.80 bits per heavy atom. The molecule has 2 unspecified atom stereocenters. The van der Waals surface area contributed by atoms with E-state index in [1.54, 1.807) is 7.11 Å². The van der Waals surface area contributed by atoms with E-state index in [-0.39, 0.29) is 24.6 Å². The molecule has 0 bridgehead atoms. The Morgan fingerprint density at radius 1 is 1.45 bits per heavy atom. The molecule has 1 saturated heterocycles. The second kappa shape index (κ2) is 8.89. The molecule has 1 heterocycles. The number of nitrogens with two attached hydrogens (primary N) is 1. The maximum absolute atomic E-state index is 11.8. The van der Waals surface area contributed by atoms with Crippen LogP contribution >= 0.6 is 0 Å². The highest BCUT2D eigenvalue weighted by Gasteiger charge is 2.28. The lowest BCUT2D eigenvalue weighted by molar-refractivity contribution is -0.122. The van der Waals surface area contributed by atoms with Gasteiger partial charge in [0, 0.05) is 32.8 Å². The molecule has 2 atom stereocenters. The minimum atomic E-state index is -0.437. The van der Waals surface area contributed by atoms with E-state index in [0.717, 1.165) is 25.8 Å². The zero-order valence-electron chi connectivity index (χ0n) is 12.4. The first-order valence-electron chi connectivity index (χ1n) is 7.15. The van der Waals surface area contributed by atoms with Gasteiger partial charge < -0.3 is 15.8 Å². The fraction of sp³-hybridized carbons (Fsp3) is 0.846. The molecule has 0 spiro atoms. The second-order valence-electron chi connectivity index (χ2n) is 5.05. The van der Waals surface area contributed by atoms with Gasteiger partial charge in [0.25, 0.3) is 0 Å². The van der Waals surface area contributed by atoms with E-state index in [2.05, 4.69) is 10.6 Å². The minimum absolute atomic E-state index is 0.123. The summed E-state index contributed by atoms with van der Waals surface area (Å²) in [6.07, 6.45) is 2.74. The highest BCUT2D eigenvalue weighted by molar-refractivity contribution is 5.95. The van der Waals surface area contributed by atoms with Gasteiger partial charge in [0.2, 0.25) is 5.91 Å². The van der Waals surface area contributed by atoms with Gasteiger partial charge in [0.15, 0.2) is 0 Å². The third-order valence-electron chi connectivity index (χ3n) is 3.53. The highest BCUT2D eigenvalue weighted by atomic mass is 16.5. The average Bonchev–Trinajstić information content (AvgIpc) is 2.45. The molecular weight excluding hydrogens is 260 g/mol. The van der Waals surface area contributed by atoms with Gasteiger partial charge in [-0.3, -0.25) is 15.0 Å². The number of likely N-dealkylation sites (tertiary alicyclic amines) is 1. The van der Waals surface area contributed by atoms with Gasteiger partial charge in [-0.05, 0) is 19.3 Å². The molecule has 0 aromatic carbocycles. The lowest BCUT2D eigenvalue weighted by Crippen LogP contribution is -2.53. The van der Waals surface area contributed by atoms with Crippen LogP contribution in [0.15, 0.2) is 0 Å². The molecule has 0 aliphatic carbocycles. The van der Waals surface area contributed by atoms with Crippen LogP contribution in [0, 0.1) is 0 Å². The summed E-state index contributed by atoms with van der Waals surface area (Å²) in [5.41, 5.74) is 5.75. The summed E-state index contributed by atoms with van der Waals surface area (Å²) in [7, 11) is 1.69. The first-order valence-corrected chi connectivity index (χ1v) is 7.15. The van der Waals surface area contributed by atoms with Crippen molar-refractivity contribution in [2.45, 2.75) is 38.3 Å². The van der Waals surface area contributed by atoms with Crippen LogP contribution < -0.4 is 16.4 Å². The quantitative estimate of drug-likeness (QED) is 0.621. The van der Waals surface area contributed by atoms with Crippen molar-refractivity contribution < 1.29 is 14.3 Å². The molecule has 3 amide bonds. The summed E-state index contributed by atoms with van der Waals surface area (Å²) in [5, 5.41) is 4.94. The Bertz CT molecular complexity index is 325. The molecule has 1 aliphatic rings. The lowest BCUT2D eigenvalue weighted by Gasteiger charge is -2.37. The average molecular weight is 286 g/mol. The van der Waals surface area contributed by atoms with Crippen LogP contribution in [0.4, 0.5) is 4.79 Å². The number of hydrogen-bond acceptors (Lipinski definition) is 5. The Labute approximate surface area is 120 Å². The summed E-state index contributed by atoms with van der Waals surface area (Å²) in [6, 6.07) is -0.314. The van der Waals surface area contributed by atoms with Crippen molar-refractivity contribution >= 4 is 11.9 Å². The van der Waals surface area contributed by atoms with Gasteiger partial charge >= 0.3 is 6.03 Å². The van der Waals surface area contributed by atoms with Crippen LogP contribution in [0.5, 0.6) is 0 Å². The summed E-state index contributed by atoms with van der Waals surface area (Å²) in [6.45, 7) is 3.94. The number of hydrogen-bond donors (Lipinski definition) is 3. The molecule has 116 valence electrons. The summed E-state index contributed by atoms with van der Waals surface area (Å²) < 4.78 is 5.34. The smallest absolute Gasteiger partial charge is 0.321 e. The molecule has 0 aromatic rings. The van der Waals surface area contributed by atoms with Crippen LogP contribution in [-0.4, -0.2) is 62.3 Å². The Morgan fingerprint density at radius 2 is 2.20 bits per heavy atom. The number of methoxy groups -OCH3 is 1. The largest absolute Gasteiger partial charge is 0.381 e. The van der Waals surface area contributed by atoms with Crippen molar-refractivity contribution in [1.29, 1.82) is 0 Å². The van der Waals surface area contributed by atoms with Crippen LogP contribution in [0.3, 0.4) is 0 Å². The van der Waals surface area contributed by atoms with Gasteiger partial charge in [-0.1, -0.05) is 6.92 Å². The molecule has 1 fully saturated rings. The summed E-state index contributed by atoms with van der Waals surface area (Å²) in [4.78, 5) is 25.2. The molecule has 1 aliphatic heterocycles. The van der Waals surface area contributed by atoms with Crippen LogP contribution in [0.2, 0.25) is 0 Å². The van der Waals surface area contributed by atoms with Crippen LogP contribution in [-0.2, 0) is 9.53 Å².